The van der Waals surface area contributed by atoms with Gasteiger partial charge in [0.2, 0.25) is 0 Å². The van der Waals surface area contributed by atoms with Gasteiger partial charge >= 0.3 is 6.18 Å². The number of anilines is 1. The lowest BCUT2D eigenvalue weighted by Crippen LogP contribution is -2.47. The molecular weight excluding hydrogens is 415 g/mol. The first-order valence-corrected chi connectivity index (χ1v) is 12.3. The fourth-order valence-electron chi connectivity index (χ4n) is 5.54. The Kier molecular flexibility index (Phi) is 7.77. The summed E-state index contributed by atoms with van der Waals surface area (Å²) >= 11 is 0. The van der Waals surface area contributed by atoms with Gasteiger partial charge in [0.25, 0.3) is 0 Å². The van der Waals surface area contributed by atoms with Gasteiger partial charge in [-0.05, 0) is 88.7 Å². The van der Waals surface area contributed by atoms with Crippen molar-refractivity contribution in [2.45, 2.75) is 51.1 Å². The van der Waals surface area contributed by atoms with E-state index in [9.17, 15) is 18.0 Å². The maximum atomic E-state index is 13.0. The van der Waals surface area contributed by atoms with Crippen molar-refractivity contribution >= 4 is 11.5 Å². The van der Waals surface area contributed by atoms with Gasteiger partial charge < -0.3 is 4.90 Å². The number of hydrogen-bond donors (Lipinski definition) is 0. The largest absolute Gasteiger partial charge is 0.416 e. The van der Waals surface area contributed by atoms with E-state index in [1.165, 1.54) is 25.0 Å². The lowest BCUT2D eigenvalue weighted by Gasteiger charge is -2.37. The van der Waals surface area contributed by atoms with Crippen LogP contribution in [0.4, 0.5) is 18.9 Å². The summed E-state index contributed by atoms with van der Waals surface area (Å²) in [6.45, 7) is 7.18. The molecule has 0 N–H and O–H groups in total. The summed E-state index contributed by atoms with van der Waals surface area (Å²) in [7, 11) is 0. The molecule has 0 bridgehead atoms. The van der Waals surface area contributed by atoms with Gasteiger partial charge in [-0.25, -0.2) is 0 Å². The molecular formula is C25H36F3N3O. The van der Waals surface area contributed by atoms with Crippen molar-refractivity contribution in [3.05, 3.63) is 29.8 Å². The molecule has 4 rings (SSSR count). The molecule has 1 aliphatic carbocycles. The van der Waals surface area contributed by atoms with E-state index >= 15 is 0 Å². The fourth-order valence-corrected chi connectivity index (χ4v) is 5.54. The molecule has 0 atom stereocenters. The Bertz CT molecular complexity index is 747. The third-order valence-corrected chi connectivity index (χ3v) is 7.64. The quantitative estimate of drug-likeness (QED) is 0.601. The summed E-state index contributed by atoms with van der Waals surface area (Å²) in [6, 6.07) is 5.67. The van der Waals surface area contributed by atoms with Crippen LogP contribution in [0.3, 0.4) is 0 Å². The summed E-state index contributed by atoms with van der Waals surface area (Å²) in [5.74, 6) is 1.42. The van der Waals surface area contributed by atoms with E-state index in [1.54, 1.807) is 6.07 Å². The van der Waals surface area contributed by atoms with Crippen LogP contribution >= 0.6 is 0 Å². The van der Waals surface area contributed by atoms with Gasteiger partial charge in [0.15, 0.2) is 0 Å². The van der Waals surface area contributed by atoms with Gasteiger partial charge in [-0.2, -0.15) is 13.2 Å². The van der Waals surface area contributed by atoms with Gasteiger partial charge in [-0.1, -0.05) is 6.07 Å². The minimum Gasteiger partial charge on any atom is -0.369 e. The molecule has 2 aliphatic heterocycles. The molecule has 0 amide bonds. The van der Waals surface area contributed by atoms with Crippen LogP contribution in [0.15, 0.2) is 24.3 Å². The molecule has 3 aliphatic rings. The number of benzene rings is 1. The number of halogens is 3. The number of Topliss-reactive ketones (excluding diaryl/α,β-unsaturated/α-hetero) is 1. The molecule has 0 unspecified atom stereocenters. The first-order chi connectivity index (χ1) is 15.4. The number of nitrogens with zero attached hydrogens (tertiary/aromatic N) is 3. The second kappa shape index (κ2) is 10.6. The summed E-state index contributed by atoms with van der Waals surface area (Å²) in [6.07, 6.45) is 3.72. The van der Waals surface area contributed by atoms with Crippen molar-refractivity contribution in [3.8, 4) is 0 Å². The molecule has 2 saturated heterocycles. The zero-order chi connectivity index (χ0) is 22.6. The number of ketones is 1. The Morgan fingerprint density at radius 1 is 0.906 bits per heavy atom. The van der Waals surface area contributed by atoms with Crippen LogP contribution in [0.25, 0.3) is 0 Å². The van der Waals surface area contributed by atoms with Crippen molar-refractivity contribution in [1.82, 2.24) is 9.80 Å². The Morgan fingerprint density at radius 3 is 2.25 bits per heavy atom. The van der Waals surface area contributed by atoms with Crippen LogP contribution < -0.4 is 4.90 Å². The number of carbonyl (C=O) groups excluding carboxylic acids is 1. The number of rotatable bonds is 7. The number of carbonyl (C=O) groups is 1. The summed E-state index contributed by atoms with van der Waals surface area (Å²) < 4.78 is 39.0. The van der Waals surface area contributed by atoms with Gasteiger partial charge in [-0.3, -0.25) is 14.6 Å². The van der Waals surface area contributed by atoms with Crippen LogP contribution in [0.5, 0.6) is 0 Å². The Balaban J connectivity index is 1.15. The van der Waals surface area contributed by atoms with Crippen LogP contribution in [0, 0.1) is 11.8 Å². The molecule has 4 nitrogen and oxygen atoms in total. The molecule has 0 spiro atoms. The topological polar surface area (TPSA) is 26.8 Å². The van der Waals surface area contributed by atoms with Crippen LogP contribution in [0.2, 0.25) is 0 Å². The van der Waals surface area contributed by atoms with Crippen molar-refractivity contribution in [2.24, 2.45) is 11.8 Å². The zero-order valence-electron chi connectivity index (χ0n) is 19.0. The average molecular weight is 452 g/mol. The van der Waals surface area contributed by atoms with Gasteiger partial charge in [0.1, 0.15) is 5.78 Å². The normalized spacial score (nSPS) is 25.9. The third kappa shape index (κ3) is 6.25. The van der Waals surface area contributed by atoms with E-state index in [4.69, 9.17) is 0 Å². The van der Waals surface area contributed by atoms with Gasteiger partial charge in [0, 0.05) is 37.8 Å². The standard InChI is InChI=1S/C25H36F3N3O/c26-25(27,28)22-4-3-5-23(18-22)31-16-14-29(15-17-31)13-10-20-6-8-21(9-7-20)24(32)19-30-11-1-2-12-30/h3-5,18,20-21H,1-2,6-17,19H2. The molecule has 7 heteroatoms. The smallest absolute Gasteiger partial charge is 0.369 e. The van der Waals surface area contributed by atoms with Gasteiger partial charge in [0.05, 0.1) is 12.1 Å². The highest BCUT2D eigenvalue weighted by Crippen LogP contribution is 2.33. The molecule has 0 aromatic heterocycles. The lowest BCUT2D eigenvalue weighted by atomic mass is 9.78. The molecule has 1 aromatic carbocycles. The van der Waals surface area contributed by atoms with Crippen LogP contribution in [0.1, 0.15) is 50.5 Å². The van der Waals surface area contributed by atoms with Crippen molar-refractivity contribution < 1.29 is 18.0 Å². The molecule has 3 fully saturated rings. The maximum Gasteiger partial charge on any atom is 0.416 e. The first-order valence-electron chi connectivity index (χ1n) is 12.3. The molecule has 32 heavy (non-hydrogen) atoms. The van der Waals surface area contributed by atoms with E-state index < -0.39 is 11.7 Å². The van der Waals surface area contributed by atoms with E-state index in [-0.39, 0.29) is 5.92 Å². The minimum atomic E-state index is -4.30. The molecule has 178 valence electrons. The minimum absolute atomic E-state index is 0.267. The highest BCUT2D eigenvalue weighted by atomic mass is 19.4. The number of piperazine rings is 1. The van der Waals surface area contributed by atoms with E-state index in [0.29, 0.717) is 23.9 Å². The highest BCUT2D eigenvalue weighted by Gasteiger charge is 2.31. The summed E-state index contributed by atoms with van der Waals surface area (Å²) in [4.78, 5) is 19.4. The highest BCUT2D eigenvalue weighted by molar-refractivity contribution is 5.83. The van der Waals surface area contributed by atoms with Crippen molar-refractivity contribution in [2.75, 3.05) is 57.3 Å². The van der Waals surface area contributed by atoms with E-state index in [0.717, 1.165) is 84.0 Å². The van der Waals surface area contributed by atoms with E-state index in [1.807, 2.05) is 0 Å². The second-order valence-electron chi connectivity index (χ2n) is 9.83. The Hall–Kier alpha value is -1.60. The number of alkyl halides is 3. The monoisotopic (exact) mass is 451 g/mol. The molecule has 1 saturated carbocycles. The van der Waals surface area contributed by atoms with E-state index in [2.05, 4.69) is 14.7 Å². The first kappa shape index (κ1) is 23.6. The van der Waals surface area contributed by atoms with Crippen LogP contribution in [-0.4, -0.2) is 67.9 Å². The number of hydrogen-bond acceptors (Lipinski definition) is 4. The van der Waals surface area contributed by atoms with Crippen molar-refractivity contribution in [3.63, 3.8) is 0 Å². The SMILES string of the molecule is O=C(CN1CCCC1)C1CCC(CCN2CCN(c3cccc(C(F)(F)F)c3)CC2)CC1. The fraction of sp³-hybridized carbons (Fsp3) is 0.720. The summed E-state index contributed by atoms with van der Waals surface area (Å²) in [5.41, 5.74) is 0.0864. The maximum absolute atomic E-state index is 13.0. The average Bonchev–Trinajstić information content (AvgIpc) is 3.31. The van der Waals surface area contributed by atoms with Crippen molar-refractivity contribution in [1.29, 1.82) is 0 Å². The molecule has 2 heterocycles. The number of likely N-dealkylation sites (tertiary alicyclic amines) is 1. The Morgan fingerprint density at radius 2 is 1.59 bits per heavy atom. The molecule has 1 aromatic rings. The lowest BCUT2D eigenvalue weighted by molar-refractivity contribution is -0.137. The third-order valence-electron chi connectivity index (χ3n) is 7.64. The Labute approximate surface area is 189 Å². The van der Waals surface area contributed by atoms with Gasteiger partial charge in [-0.15, -0.1) is 0 Å². The molecule has 0 radical (unpaired) electrons. The zero-order valence-corrected chi connectivity index (χ0v) is 19.0. The van der Waals surface area contributed by atoms with Crippen LogP contribution in [-0.2, 0) is 11.0 Å². The second-order valence-corrected chi connectivity index (χ2v) is 9.83. The predicted octanol–water partition coefficient (Wildman–Crippen LogP) is 4.69. The predicted molar refractivity (Wildman–Crippen MR) is 121 cm³/mol. The summed E-state index contributed by atoms with van der Waals surface area (Å²) in [5, 5.41) is 0.